The highest BCUT2D eigenvalue weighted by atomic mass is 16.4. The molecule has 0 unspecified atom stereocenters. The molecule has 0 aliphatic carbocycles. The second kappa shape index (κ2) is 6.51. The number of aromatic hydroxyl groups is 1. The largest absolute Gasteiger partial charge is 0.508 e. The lowest BCUT2D eigenvalue weighted by Crippen LogP contribution is -2.38. The quantitative estimate of drug-likeness (QED) is 0.635. The Morgan fingerprint density at radius 1 is 1.41 bits per heavy atom. The zero-order valence-electron chi connectivity index (χ0n) is 9.26. The molecule has 0 aliphatic rings. The molecule has 0 bridgehead atoms. The Kier molecular flexibility index (Phi) is 4.98. The SMILES string of the molecule is N#CCCN[C@H](Cc1ccc(O)cc1)C(=O)O. The molecule has 0 radical (unpaired) electrons. The van der Waals surface area contributed by atoms with Gasteiger partial charge in [-0.25, -0.2) is 0 Å². The van der Waals surface area contributed by atoms with Crippen LogP contribution in [0.5, 0.6) is 5.75 Å². The van der Waals surface area contributed by atoms with E-state index in [1.807, 2.05) is 6.07 Å². The number of carbonyl (C=O) groups is 1. The smallest absolute Gasteiger partial charge is 0.321 e. The van der Waals surface area contributed by atoms with Crippen LogP contribution in [0.2, 0.25) is 0 Å². The minimum absolute atomic E-state index is 0.151. The molecule has 0 saturated heterocycles. The number of aliphatic carboxylic acids is 1. The van der Waals surface area contributed by atoms with E-state index < -0.39 is 12.0 Å². The van der Waals surface area contributed by atoms with Crippen molar-refractivity contribution in [3.8, 4) is 11.8 Å². The first-order valence-corrected chi connectivity index (χ1v) is 5.24. The van der Waals surface area contributed by atoms with Gasteiger partial charge in [0.1, 0.15) is 11.8 Å². The standard InChI is InChI=1S/C12H14N2O3/c13-6-1-7-14-11(12(16)17)8-9-2-4-10(15)5-3-9/h2-5,11,14-15H,1,7-8H2,(H,16,17)/t11-/m1/s1. The number of nitrogens with zero attached hydrogens (tertiary/aromatic N) is 1. The van der Waals surface area contributed by atoms with Gasteiger partial charge in [0, 0.05) is 13.0 Å². The molecule has 0 heterocycles. The van der Waals surface area contributed by atoms with Gasteiger partial charge in [0.25, 0.3) is 0 Å². The molecule has 0 aliphatic heterocycles. The normalized spacial score (nSPS) is 11.7. The van der Waals surface area contributed by atoms with E-state index in [9.17, 15) is 4.79 Å². The molecule has 0 fully saturated rings. The fourth-order valence-corrected chi connectivity index (χ4v) is 1.42. The maximum Gasteiger partial charge on any atom is 0.321 e. The van der Waals surface area contributed by atoms with Crippen molar-refractivity contribution in [2.24, 2.45) is 0 Å². The summed E-state index contributed by atoms with van der Waals surface area (Å²) in [5.74, 6) is -0.797. The minimum atomic E-state index is -0.948. The maximum atomic E-state index is 11.0. The molecule has 17 heavy (non-hydrogen) atoms. The third-order valence-corrected chi connectivity index (χ3v) is 2.30. The van der Waals surface area contributed by atoms with Crippen molar-refractivity contribution in [3.05, 3.63) is 29.8 Å². The summed E-state index contributed by atoms with van der Waals surface area (Å²) < 4.78 is 0. The van der Waals surface area contributed by atoms with Gasteiger partial charge in [-0.3, -0.25) is 4.79 Å². The first-order chi connectivity index (χ1) is 8.13. The number of benzene rings is 1. The second-order valence-corrected chi connectivity index (χ2v) is 3.62. The Balaban J connectivity index is 2.57. The van der Waals surface area contributed by atoms with Gasteiger partial charge >= 0.3 is 5.97 Å². The number of phenols is 1. The van der Waals surface area contributed by atoms with Crippen molar-refractivity contribution >= 4 is 5.97 Å². The number of carboxylic acids is 1. The molecule has 3 N–H and O–H groups in total. The first-order valence-electron chi connectivity index (χ1n) is 5.24. The fourth-order valence-electron chi connectivity index (χ4n) is 1.42. The summed E-state index contributed by atoms with van der Waals surface area (Å²) in [5, 5.41) is 29.3. The van der Waals surface area contributed by atoms with E-state index in [0.29, 0.717) is 13.0 Å². The van der Waals surface area contributed by atoms with Crippen LogP contribution in [0.3, 0.4) is 0 Å². The summed E-state index contributed by atoms with van der Waals surface area (Å²) in [6.07, 6.45) is 0.598. The van der Waals surface area contributed by atoms with Crippen molar-refractivity contribution in [1.82, 2.24) is 5.32 Å². The van der Waals surface area contributed by atoms with Crippen LogP contribution >= 0.6 is 0 Å². The number of hydrogen-bond donors (Lipinski definition) is 3. The Labute approximate surface area is 99.3 Å². The molecule has 5 nitrogen and oxygen atoms in total. The highest BCUT2D eigenvalue weighted by Crippen LogP contribution is 2.11. The van der Waals surface area contributed by atoms with Gasteiger partial charge in [-0.1, -0.05) is 12.1 Å². The molecule has 1 aromatic rings. The molecular weight excluding hydrogens is 220 g/mol. The predicted octanol–water partition coefficient (Wildman–Crippen LogP) is 0.891. The molecule has 1 atom stereocenters. The van der Waals surface area contributed by atoms with E-state index in [-0.39, 0.29) is 12.2 Å². The van der Waals surface area contributed by atoms with Crippen LogP contribution in [0, 0.1) is 11.3 Å². The van der Waals surface area contributed by atoms with Crippen LogP contribution in [-0.4, -0.2) is 28.8 Å². The summed E-state index contributed by atoms with van der Waals surface area (Å²) in [7, 11) is 0. The van der Waals surface area contributed by atoms with Crippen LogP contribution in [0.25, 0.3) is 0 Å². The summed E-state index contributed by atoms with van der Waals surface area (Å²) in [6, 6.07) is 7.62. The second-order valence-electron chi connectivity index (χ2n) is 3.62. The Hall–Kier alpha value is -2.06. The van der Waals surface area contributed by atoms with Crippen LogP contribution in [0.1, 0.15) is 12.0 Å². The van der Waals surface area contributed by atoms with Gasteiger partial charge in [-0.15, -0.1) is 0 Å². The molecule has 0 amide bonds. The van der Waals surface area contributed by atoms with E-state index in [0.717, 1.165) is 5.56 Å². The van der Waals surface area contributed by atoms with Crippen molar-refractivity contribution in [1.29, 1.82) is 5.26 Å². The molecule has 0 spiro atoms. The molecule has 5 heteroatoms. The van der Waals surface area contributed by atoms with Crippen LogP contribution in [-0.2, 0) is 11.2 Å². The summed E-state index contributed by atoms with van der Waals surface area (Å²) in [5.41, 5.74) is 0.819. The lowest BCUT2D eigenvalue weighted by molar-refractivity contribution is -0.139. The highest BCUT2D eigenvalue weighted by molar-refractivity contribution is 5.73. The fraction of sp³-hybridized carbons (Fsp3) is 0.333. The average Bonchev–Trinajstić information content (AvgIpc) is 2.30. The minimum Gasteiger partial charge on any atom is -0.508 e. The third kappa shape index (κ3) is 4.53. The van der Waals surface area contributed by atoms with Crippen molar-refractivity contribution in [2.45, 2.75) is 18.9 Å². The number of rotatable bonds is 6. The number of hydrogen-bond acceptors (Lipinski definition) is 4. The monoisotopic (exact) mass is 234 g/mol. The van der Waals surface area contributed by atoms with Gasteiger partial charge in [0.2, 0.25) is 0 Å². The maximum absolute atomic E-state index is 11.0. The molecular formula is C12H14N2O3. The van der Waals surface area contributed by atoms with Crippen LogP contribution < -0.4 is 5.32 Å². The number of phenolic OH excluding ortho intramolecular Hbond substituents is 1. The summed E-state index contributed by atoms with van der Waals surface area (Å²) >= 11 is 0. The van der Waals surface area contributed by atoms with Gasteiger partial charge in [-0.05, 0) is 24.1 Å². The van der Waals surface area contributed by atoms with Gasteiger partial charge in [0.15, 0.2) is 0 Å². The zero-order chi connectivity index (χ0) is 12.7. The highest BCUT2D eigenvalue weighted by Gasteiger charge is 2.16. The third-order valence-electron chi connectivity index (χ3n) is 2.30. The van der Waals surface area contributed by atoms with Crippen molar-refractivity contribution < 1.29 is 15.0 Å². The Morgan fingerprint density at radius 2 is 2.06 bits per heavy atom. The number of carboxylic acid groups (broad SMARTS) is 1. The van der Waals surface area contributed by atoms with E-state index in [4.69, 9.17) is 15.5 Å². The number of nitrogens with one attached hydrogen (secondary N) is 1. The summed E-state index contributed by atoms with van der Waals surface area (Å²) in [4.78, 5) is 11.0. The predicted molar refractivity (Wildman–Crippen MR) is 61.5 cm³/mol. The van der Waals surface area contributed by atoms with E-state index >= 15 is 0 Å². The lowest BCUT2D eigenvalue weighted by Gasteiger charge is -2.13. The molecule has 1 aromatic carbocycles. The van der Waals surface area contributed by atoms with Crippen molar-refractivity contribution in [2.75, 3.05) is 6.54 Å². The molecule has 0 saturated carbocycles. The van der Waals surface area contributed by atoms with Crippen LogP contribution in [0.15, 0.2) is 24.3 Å². The molecule has 1 rings (SSSR count). The van der Waals surface area contributed by atoms with Gasteiger partial charge in [-0.2, -0.15) is 5.26 Å². The molecule has 0 aromatic heterocycles. The lowest BCUT2D eigenvalue weighted by atomic mass is 10.1. The summed E-state index contributed by atoms with van der Waals surface area (Å²) in [6.45, 7) is 0.353. The number of nitriles is 1. The average molecular weight is 234 g/mol. The van der Waals surface area contributed by atoms with Gasteiger partial charge < -0.3 is 15.5 Å². The van der Waals surface area contributed by atoms with Crippen molar-refractivity contribution in [3.63, 3.8) is 0 Å². The first kappa shape index (κ1) is 13.0. The molecule has 90 valence electrons. The van der Waals surface area contributed by atoms with E-state index in [1.54, 1.807) is 12.1 Å². The topological polar surface area (TPSA) is 93.4 Å². The zero-order valence-corrected chi connectivity index (χ0v) is 9.26. The van der Waals surface area contributed by atoms with E-state index in [2.05, 4.69) is 5.32 Å². The van der Waals surface area contributed by atoms with E-state index in [1.165, 1.54) is 12.1 Å². The van der Waals surface area contributed by atoms with Crippen LogP contribution in [0.4, 0.5) is 0 Å². The van der Waals surface area contributed by atoms with Gasteiger partial charge in [0.05, 0.1) is 6.07 Å². The Bertz CT molecular complexity index is 409. The Morgan fingerprint density at radius 3 is 2.59 bits per heavy atom.